The Labute approximate surface area is 94.5 Å². The smallest absolute Gasteiger partial charge is 0.109 e. The fourth-order valence-corrected chi connectivity index (χ4v) is 3.51. The Kier molecular flexibility index (Phi) is 2.82. The minimum absolute atomic E-state index is 0.545. The highest BCUT2D eigenvalue weighted by atomic mass is 15.2. The third-order valence-electron chi connectivity index (χ3n) is 4.32. The summed E-state index contributed by atoms with van der Waals surface area (Å²) in [6.45, 7) is 2.43. The van der Waals surface area contributed by atoms with Crippen molar-refractivity contribution < 1.29 is 0 Å². The van der Waals surface area contributed by atoms with Gasteiger partial charge in [-0.05, 0) is 18.8 Å². The van der Waals surface area contributed by atoms with Crippen LogP contribution in [0, 0.1) is 5.92 Å². The van der Waals surface area contributed by atoms with Crippen molar-refractivity contribution in [2.45, 2.75) is 50.4 Å². The molecule has 0 N–H and O–H groups in total. The number of nitrogens with zero attached hydrogens (tertiary/aromatic N) is 2. The van der Waals surface area contributed by atoms with Gasteiger partial charge in [0.05, 0.1) is 5.84 Å². The lowest BCUT2D eigenvalue weighted by Gasteiger charge is -2.27. The van der Waals surface area contributed by atoms with Gasteiger partial charge in [0.2, 0.25) is 0 Å². The fourth-order valence-electron chi connectivity index (χ4n) is 3.51. The maximum atomic E-state index is 4.41. The molecule has 0 aromatic heterocycles. The van der Waals surface area contributed by atoms with Crippen LogP contribution in [0.1, 0.15) is 39.0 Å². The van der Waals surface area contributed by atoms with Crippen molar-refractivity contribution in [1.29, 1.82) is 0 Å². The number of likely N-dealkylation sites (tertiary alicyclic amines) is 1. The Balaban J connectivity index is 2.16. The summed E-state index contributed by atoms with van der Waals surface area (Å²) in [6, 6.07) is 0.769. The maximum absolute atomic E-state index is 4.41. The van der Waals surface area contributed by atoms with Crippen molar-refractivity contribution >= 4 is 13.7 Å². The van der Waals surface area contributed by atoms with Gasteiger partial charge in [-0.1, -0.05) is 25.1 Å². The predicted molar refractivity (Wildman–Crippen MR) is 68.4 cm³/mol. The van der Waals surface area contributed by atoms with Gasteiger partial charge in [0.1, 0.15) is 7.85 Å². The Morgan fingerprint density at radius 3 is 2.93 bits per heavy atom. The highest BCUT2D eigenvalue weighted by Crippen LogP contribution is 2.45. The van der Waals surface area contributed by atoms with Gasteiger partial charge < -0.3 is 4.90 Å². The van der Waals surface area contributed by atoms with Gasteiger partial charge in [0.25, 0.3) is 0 Å². The van der Waals surface area contributed by atoms with Gasteiger partial charge in [0.15, 0.2) is 0 Å². The molecular weight excluding hydrogens is 183 g/mol. The molecule has 1 heterocycles. The van der Waals surface area contributed by atoms with Crippen LogP contribution in [-0.2, 0) is 0 Å². The van der Waals surface area contributed by atoms with E-state index in [9.17, 15) is 0 Å². The molecule has 0 aromatic carbocycles. The van der Waals surface area contributed by atoms with Gasteiger partial charge in [-0.2, -0.15) is 0 Å². The van der Waals surface area contributed by atoms with Crippen LogP contribution in [0.2, 0.25) is 5.31 Å². The van der Waals surface area contributed by atoms with Gasteiger partial charge in [-0.3, -0.25) is 4.99 Å². The summed E-state index contributed by atoms with van der Waals surface area (Å²) in [6.07, 6.45) is 6.73. The van der Waals surface area contributed by atoms with Crippen molar-refractivity contribution in [1.82, 2.24) is 4.90 Å². The first-order valence-corrected chi connectivity index (χ1v) is 6.22. The van der Waals surface area contributed by atoms with Crippen molar-refractivity contribution in [3.05, 3.63) is 0 Å². The highest BCUT2D eigenvalue weighted by Gasteiger charge is 2.40. The molecule has 2 aliphatic rings. The van der Waals surface area contributed by atoms with Crippen LogP contribution in [0.3, 0.4) is 0 Å². The summed E-state index contributed by atoms with van der Waals surface area (Å²) in [5.74, 6) is 2.17. The van der Waals surface area contributed by atoms with E-state index >= 15 is 0 Å². The first-order chi connectivity index (χ1) is 7.03. The number of fused-ring (bicyclic) bond motifs is 1. The molecule has 84 valence electrons. The molecule has 0 bridgehead atoms. The lowest BCUT2D eigenvalue weighted by Crippen LogP contribution is -2.31. The van der Waals surface area contributed by atoms with E-state index in [0.29, 0.717) is 5.31 Å². The molecule has 1 saturated carbocycles. The third kappa shape index (κ3) is 2.06. The maximum Gasteiger partial charge on any atom is 0.109 e. The largest absolute Gasteiger partial charge is 0.360 e. The Bertz CT molecular complexity index is 273. The Morgan fingerprint density at radius 2 is 2.27 bits per heavy atom. The van der Waals surface area contributed by atoms with Gasteiger partial charge in [-0.15, -0.1) is 0 Å². The SMILES string of the molecule is BC1(C)CCCC2C(C/C(=N\C)N2C)C1. The molecule has 2 fully saturated rings. The second kappa shape index (κ2) is 3.84. The molecule has 0 aromatic rings. The normalized spacial score (nSPS) is 44.2. The topological polar surface area (TPSA) is 15.6 Å². The standard InChI is InChI=1S/C12H23BN2/c1-12(13)6-4-5-10-9(8-12)7-11(14-2)15(10)3/h9-10H,4-8,13H2,1-3H3/b14-11+. The van der Waals surface area contributed by atoms with Crippen molar-refractivity contribution in [2.75, 3.05) is 14.1 Å². The molecule has 2 rings (SSSR count). The van der Waals surface area contributed by atoms with Gasteiger partial charge in [0, 0.05) is 26.6 Å². The summed E-state index contributed by atoms with van der Waals surface area (Å²) < 4.78 is 0. The van der Waals surface area contributed by atoms with Crippen molar-refractivity contribution in [3.8, 4) is 0 Å². The van der Waals surface area contributed by atoms with E-state index in [2.05, 4.69) is 31.7 Å². The van der Waals surface area contributed by atoms with Crippen LogP contribution in [0.25, 0.3) is 0 Å². The van der Waals surface area contributed by atoms with E-state index in [1.165, 1.54) is 37.9 Å². The van der Waals surface area contributed by atoms with E-state index in [1.807, 2.05) is 7.05 Å². The van der Waals surface area contributed by atoms with Crippen molar-refractivity contribution in [3.63, 3.8) is 0 Å². The molecular formula is C12H23BN2. The van der Waals surface area contributed by atoms with Crippen LogP contribution in [-0.4, -0.2) is 38.7 Å². The van der Waals surface area contributed by atoms with E-state index in [0.717, 1.165) is 12.0 Å². The van der Waals surface area contributed by atoms with Crippen LogP contribution < -0.4 is 0 Å². The predicted octanol–water partition coefficient (Wildman–Crippen LogP) is 1.72. The minimum Gasteiger partial charge on any atom is -0.360 e. The summed E-state index contributed by atoms with van der Waals surface area (Å²) in [5, 5.41) is 0.545. The molecule has 0 amide bonds. The average Bonchev–Trinajstić information content (AvgIpc) is 2.37. The number of amidine groups is 1. The van der Waals surface area contributed by atoms with Crippen LogP contribution in [0.4, 0.5) is 0 Å². The van der Waals surface area contributed by atoms with Gasteiger partial charge in [-0.25, -0.2) is 0 Å². The number of hydrogen-bond donors (Lipinski definition) is 0. The zero-order valence-electron chi connectivity index (χ0n) is 10.6. The van der Waals surface area contributed by atoms with E-state index in [-0.39, 0.29) is 0 Å². The first kappa shape index (κ1) is 11.0. The average molecular weight is 206 g/mol. The second-order valence-electron chi connectivity index (χ2n) is 6.04. The number of rotatable bonds is 0. The monoisotopic (exact) mass is 206 g/mol. The summed E-state index contributed by atoms with van der Waals surface area (Å²) >= 11 is 0. The summed E-state index contributed by atoms with van der Waals surface area (Å²) in [5.41, 5.74) is 0. The third-order valence-corrected chi connectivity index (χ3v) is 4.32. The molecule has 15 heavy (non-hydrogen) atoms. The Hall–Kier alpha value is -0.465. The zero-order chi connectivity index (χ0) is 11.1. The van der Waals surface area contributed by atoms with E-state index < -0.39 is 0 Å². The minimum atomic E-state index is 0.545. The van der Waals surface area contributed by atoms with Crippen LogP contribution in [0.15, 0.2) is 4.99 Å². The summed E-state index contributed by atoms with van der Waals surface area (Å²) in [7, 11) is 6.59. The fraction of sp³-hybridized carbons (Fsp3) is 0.917. The lowest BCUT2D eigenvalue weighted by atomic mass is 9.64. The molecule has 1 aliphatic carbocycles. The molecule has 2 nitrogen and oxygen atoms in total. The number of aliphatic imine (C=N–C) groups is 1. The second-order valence-corrected chi connectivity index (χ2v) is 6.04. The molecule has 0 spiro atoms. The van der Waals surface area contributed by atoms with E-state index in [4.69, 9.17) is 0 Å². The summed E-state index contributed by atoms with van der Waals surface area (Å²) in [4.78, 5) is 6.85. The van der Waals surface area contributed by atoms with Crippen LogP contribution >= 0.6 is 0 Å². The molecule has 1 aliphatic heterocycles. The first-order valence-electron chi connectivity index (χ1n) is 6.22. The highest BCUT2D eigenvalue weighted by molar-refractivity contribution is 6.14. The molecule has 3 heteroatoms. The molecule has 1 saturated heterocycles. The number of hydrogen-bond acceptors (Lipinski definition) is 1. The lowest BCUT2D eigenvalue weighted by molar-refractivity contribution is 0.292. The van der Waals surface area contributed by atoms with Gasteiger partial charge >= 0.3 is 0 Å². The van der Waals surface area contributed by atoms with Crippen LogP contribution in [0.5, 0.6) is 0 Å². The zero-order valence-corrected chi connectivity index (χ0v) is 10.6. The molecule has 3 atom stereocenters. The van der Waals surface area contributed by atoms with E-state index in [1.54, 1.807) is 0 Å². The van der Waals surface area contributed by atoms with Crippen molar-refractivity contribution in [2.24, 2.45) is 10.9 Å². The molecule has 0 radical (unpaired) electrons. The quantitative estimate of drug-likeness (QED) is 0.551. The Morgan fingerprint density at radius 1 is 1.53 bits per heavy atom. The molecule has 3 unspecified atom stereocenters.